The van der Waals surface area contributed by atoms with Crippen molar-refractivity contribution in [3.63, 3.8) is 0 Å². The van der Waals surface area contributed by atoms with E-state index in [9.17, 15) is 0 Å². The van der Waals surface area contributed by atoms with E-state index in [0.717, 1.165) is 36.8 Å². The minimum Gasteiger partial charge on any atom is -0.496 e. The van der Waals surface area contributed by atoms with E-state index in [0.29, 0.717) is 6.54 Å². The molecule has 1 aromatic heterocycles. The van der Waals surface area contributed by atoms with Crippen molar-refractivity contribution < 1.29 is 4.74 Å². The van der Waals surface area contributed by atoms with Crippen LogP contribution in [0.4, 0.5) is 0 Å². The zero-order chi connectivity index (χ0) is 17.4. The highest BCUT2D eigenvalue weighted by molar-refractivity contribution is 5.79. The van der Waals surface area contributed by atoms with Gasteiger partial charge >= 0.3 is 0 Å². The summed E-state index contributed by atoms with van der Waals surface area (Å²) in [6, 6.07) is 6.20. The average molecular weight is 329 g/mol. The van der Waals surface area contributed by atoms with Crippen LogP contribution in [0.3, 0.4) is 0 Å². The normalized spacial score (nSPS) is 11.4. The molecule has 24 heavy (non-hydrogen) atoms. The Morgan fingerprint density at radius 3 is 2.75 bits per heavy atom. The van der Waals surface area contributed by atoms with Crippen molar-refractivity contribution >= 4 is 5.96 Å². The monoisotopic (exact) mass is 329 g/mol. The molecule has 6 heteroatoms. The van der Waals surface area contributed by atoms with Crippen molar-refractivity contribution in [2.45, 2.75) is 33.4 Å². The van der Waals surface area contributed by atoms with Crippen molar-refractivity contribution in [2.24, 2.45) is 4.99 Å². The van der Waals surface area contributed by atoms with Gasteiger partial charge in [-0.1, -0.05) is 12.1 Å². The fourth-order valence-electron chi connectivity index (χ4n) is 2.43. The van der Waals surface area contributed by atoms with Gasteiger partial charge in [0.05, 0.1) is 13.3 Å². The summed E-state index contributed by atoms with van der Waals surface area (Å²) >= 11 is 0. The molecule has 0 fully saturated rings. The Morgan fingerprint density at radius 2 is 2.08 bits per heavy atom. The summed E-state index contributed by atoms with van der Waals surface area (Å²) in [6.07, 6.45) is 4.91. The Balaban J connectivity index is 1.76. The lowest BCUT2D eigenvalue weighted by Crippen LogP contribution is -2.37. The predicted molar refractivity (Wildman–Crippen MR) is 97.5 cm³/mol. The topological polar surface area (TPSA) is 63.5 Å². The van der Waals surface area contributed by atoms with Gasteiger partial charge in [-0.2, -0.15) is 5.10 Å². The summed E-state index contributed by atoms with van der Waals surface area (Å²) < 4.78 is 7.39. The van der Waals surface area contributed by atoms with Crippen LogP contribution in [0.1, 0.15) is 23.1 Å². The third-order valence-corrected chi connectivity index (χ3v) is 3.73. The number of aryl methyl sites for hydroxylation is 3. The molecule has 0 bridgehead atoms. The maximum absolute atomic E-state index is 5.43. The van der Waals surface area contributed by atoms with Gasteiger partial charge in [0.2, 0.25) is 0 Å². The van der Waals surface area contributed by atoms with Crippen LogP contribution in [-0.2, 0) is 13.1 Å². The number of ether oxygens (including phenoxy) is 1. The number of methoxy groups -OCH3 is 1. The summed E-state index contributed by atoms with van der Waals surface area (Å²) in [4.78, 5) is 4.26. The first-order valence-corrected chi connectivity index (χ1v) is 8.19. The van der Waals surface area contributed by atoms with Gasteiger partial charge in [0.25, 0.3) is 0 Å². The molecule has 0 radical (unpaired) electrons. The molecule has 1 aromatic carbocycles. The van der Waals surface area contributed by atoms with E-state index >= 15 is 0 Å². The van der Waals surface area contributed by atoms with Crippen molar-refractivity contribution in [2.75, 3.05) is 20.7 Å². The van der Waals surface area contributed by atoms with E-state index in [-0.39, 0.29) is 0 Å². The number of nitrogens with zero attached hydrogens (tertiary/aromatic N) is 3. The Labute approximate surface area is 143 Å². The SMILES string of the molecule is CN=C(NCCCn1cc(C)cn1)NCc1ccc(C)cc1OC. The second-order valence-corrected chi connectivity index (χ2v) is 5.80. The molecule has 1 heterocycles. The first-order chi connectivity index (χ1) is 11.6. The van der Waals surface area contributed by atoms with Gasteiger partial charge in [0.15, 0.2) is 5.96 Å². The molecule has 130 valence electrons. The molecule has 6 nitrogen and oxygen atoms in total. The first-order valence-electron chi connectivity index (χ1n) is 8.19. The Hall–Kier alpha value is -2.50. The molecule has 0 saturated heterocycles. The van der Waals surface area contributed by atoms with Crippen LogP contribution < -0.4 is 15.4 Å². The molecule has 0 amide bonds. The highest BCUT2D eigenvalue weighted by Crippen LogP contribution is 2.19. The van der Waals surface area contributed by atoms with Crippen LogP contribution in [0.15, 0.2) is 35.6 Å². The van der Waals surface area contributed by atoms with Gasteiger partial charge in [-0.3, -0.25) is 9.67 Å². The summed E-state index contributed by atoms with van der Waals surface area (Å²) in [5.74, 6) is 1.68. The third-order valence-electron chi connectivity index (χ3n) is 3.73. The quantitative estimate of drug-likeness (QED) is 0.465. The maximum Gasteiger partial charge on any atom is 0.191 e. The molecular formula is C18H27N5O. The third kappa shape index (κ3) is 5.30. The number of rotatable bonds is 7. The molecule has 0 aliphatic rings. The number of nitrogens with one attached hydrogen (secondary N) is 2. The zero-order valence-electron chi connectivity index (χ0n) is 15.0. The van der Waals surface area contributed by atoms with Gasteiger partial charge in [-0.15, -0.1) is 0 Å². The zero-order valence-corrected chi connectivity index (χ0v) is 15.0. The van der Waals surface area contributed by atoms with E-state index in [1.807, 2.05) is 23.9 Å². The molecule has 2 N–H and O–H groups in total. The van der Waals surface area contributed by atoms with Crippen LogP contribution in [0.25, 0.3) is 0 Å². The average Bonchev–Trinajstić information content (AvgIpc) is 3.00. The highest BCUT2D eigenvalue weighted by Gasteiger charge is 2.04. The van der Waals surface area contributed by atoms with Crippen LogP contribution in [-0.4, -0.2) is 36.4 Å². The minimum atomic E-state index is 0.668. The molecule has 0 aliphatic carbocycles. The van der Waals surface area contributed by atoms with E-state index < -0.39 is 0 Å². The van der Waals surface area contributed by atoms with Crippen molar-refractivity contribution in [3.8, 4) is 5.75 Å². The molecule has 0 unspecified atom stereocenters. The van der Waals surface area contributed by atoms with Gasteiger partial charge in [0, 0.05) is 38.4 Å². The molecule has 0 saturated carbocycles. The summed E-state index contributed by atoms with van der Waals surface area (Å²) in [5, 5.41) is 10.9. The van der Waals surface area contributed by atoms with Crippen LogP contribution in [0.5, 0.6) is 5.75 Å². The fourth-order valence-corrected chi connectivity index (χ4v) is 2.43. The van der Waals surface area contributed by atoms with Crippen molar-refractivity contribution in [3.05, 3.63) is 47.3 Å². The molecule has 0 spiro atoms. The molecule has 2 rings (SSSR count). The van der Waals surface area contributed by atoms with Gasteiger partial charge < -0.3 is 15.4 Å². The van der Waals surface area contributed by atoms with E-state index in [4.69, 9.17) is 4.74 Å². The summed E-state index contributed by atoms with van der Waals surface area (Å²) in [7, 11) is 3.47. The lowest BCUT2D eigenvalue weighted by Gasteiger charge is -2.14. The van der Waals surface area contributed by atoms with E-state index in [1.54, 1.807) is 14.2 Å². The maximum atomic E-state index is 5.43. The number of aliphatic imine (C=N–C) groups is 1. The van der Waals surface area contributed by atoms with E-state index in [1.165, 1.54) is 11.1 Å². The smallest absolute Gasteiger partial charge is 0.191 e. The van der Waals surface area contributed by atoms with Crippen LogP contribution in [0, 0.1) is 13.8 Å². The lowest BCUT2D eigenvalue weighted by atomic mass is 10.1. The standard InChI is InChI=1S/C18H27N5O/c1-14-6-7-16(17(10-14)24-4)12-21-18(19-3)20-8-5-9-23-13-15(2)11-22-23/h6-7,10-11,13H,5,8-9,12H2,1-4H3,(H2,19,20,21). The van der Waals surface area contributed by atoms with Crippen LogP contribution in [0.2, 0.25) is 0 Å². The summed E-state index contributed by atoms with van der Waals surface area (Å²) in [5.41, 5.74) is 3.48. The van der Waals surface area contributed by atoms with Crippen molar-refractivity contribution in [1.82, 2.24) is 20.4 Å². The minimum absolute atomic E-state index is 0.668. The van der Waals surface area contributed by atoms with Gasteiger partial charge in [0.1, 0.15) is 5.75 Å². The number of guanidine groups is 1. The number of aromatic nitrogens is 2. The van der Waals surface area contributed by atoms with E-state index in [2.05, 4.69) is 46.0 Å². The number of hydrogen-bond donors (Lipinski definition) is 2. The fraction of sp³-hybridized carbons (Fsp3) is 0.444. The highest BCUT2D eigenvalue weighted by atomic mass is 16.5. The molecule has 0 atom stereocenters. The Morgan fingerprint density at radius 1 is 1.25 bits per heavy atom. The Bertz CT molecular complexity index is 678. The van der Waals surface area contributed by atoms with Crippen LogP contribution >= 0.6 is 0 Å². The molecule has 0 aliphatic heterocycles. The largest absolute Gasteiger partial charge is 0.496 e. The number of benzene rings is 1. The molecule has 2 aromatic rings. The van der Waals surface area contributed by atoms with Gasteiger partial charge in [-0.05, 0) is 37.5 Å². The van der Waals surface area contributed by atoms with Crippen molar-refractivity contribution in [1.29, 1.82) is 0 Å². The lowest BCUT2D eigenvalue weighted by molar-refractivity contribution is 0.408. The predicted octanol–water partition coefficient (Wildman–Crippen LogP) is 2.26. The summed E-state index contributed by atoms with van der Waals surface area (Å²) in [6.45, 7) is 6.50. The van der Waals surface area contributed by atoms with Gasteiger partial charge in [-0.25, -0.2) is 0 Å². The Kier molecular flexibility index (Phi) is 6.66. The second kappa shape index (κ2) is 8.96. The first kappa shape index (κ1) is 17.8. The second-order valence-electron chi connectivity index (χ2n) is 5.80. The molecular weight excluding hydrogens is 302 g/mol. The number of hydrogen-bond acceptors (Lipinski definition) is 3.